The topological polar surface area (TPSA) is 121 Å². The Morgan fingerprint density at radius 1 is 1.03 bits per heavy atom. The molecule has 1 amide bonds. The number of carbonyl (C=O) groups excluding carboxylic acids is 3. The van der Waals surface area contributed by atoms with Gasteiger partial charge in [-0.1, -0.05) is 60.6 Å². The molecule has 1 aliphatic carbocycles. The molecule has 0 atom stereocenters. The maximum atomic E-state index is 10.8. The van der Waals surface area contributed by atoms with E-state index in [0.29, 0.717) is 12.0 Å². The number of nitrogens with zero attached hydrogens (tertiary/aromatic N) is 2. The van der Waals surface area contributed by atoms with Gasteiger partial charge in [0.25, 0.3) is 0 Å². The van der Waals surface area contributed by atoms with Gasteiger partial charge in [-0.2, -0.15) is 0 Å². The smallest absolute Gasteiger partial charge is 0.219 e. The first kappa shape index (κ1) is 38.7. The van der Waals surface area contributed by atoms with E-state index in [1.165, 1.54) is 6.92 Å². The van der Waals surface area contributed by atoms with Gasteiger partial charge in [0.05, 0.1) is 12.7 Å². The highest BCUT2D eigenvalue weighted by molar-refractivity contribution is 8.76. The van der Waals surface area contributed by atoms with E-state index in [4.69, 9.17) is 4.79 Å². The highest BCUT2D eigenvalue weighted by Crippen LogP contribution is 2.09. The summed E-state index contributed by atoms with van der Waals surface area (Å²) in [6.45, 7) is 15.6. The van der Waals surface area contributed by atoms with Crippen LogP contribution in [-0.2, 0) is 14.4 Å². The Bertz CT molecular complexity index is 844. The summed E-state index contributed by atoms with van der Waals surface area (Å²) in [5.74, 6) is 0.179. The zero-order chi connectivity index (χ0) is 28.9. The van der Waals surface area contributed by atoms with Crippen molar-refractivity contribution in [3.8, 4) is 0 Å². The Kier molecular flexibility index (Phi) is 30.7. The van der Waals surface area contributed by atoms with E-state index in [2.05, 4.69) is 51.3 Å². The maximum Gasteiger partial charge on any atom is 0.219 e. The molecule has 208 valence electrons. The normalized spacial score (nSPS) is 10.6. The largest absolute Gasteiger partial charge is 0.356 e. The number of ketones is 1. The summed E-state index contributed by atoms with van der Waals surface area (Å²) >= 11 is 0. The van der Waals surface area contributed by atoms with Crippen LogP contribution in [0.4, 0.5) is 0 Å². The fraction of sp³-hybridized carbons (Fsp3) is 0.444. The van der Waals surface area contributed by atoms with Crippen LogP contribution in [0.15, 0.2) is 61.0 Å². The van der Waals surface area contributed by atoms with E-state index < -0.39 is 0 Å². The number of allylic oxidation sites excluding steroid dienone is 5. The summed E-state index contributed by atoms with van der Waals surface area (Å²) in [5, 5.41) is 2.79. The van der Waals surface area contributed by atoms with Crippen molar-refractivity contribution in [1.82, 2.24) is 25.3 Å². The fourth-order valence-corrected chi connectivity index (χ4v) is 1.84. The monoisotopic (exact) mass is 551 g/mol. The molecule has 10 heteroatoms. The van der Waals surface area contributed by atoms with Crippen molar-refractivity contribution in [2.45, 2.75) is 60.8 Å². The van der Waals surface area contributed by atoms with Gasteiger partial charge in [-0.15, -0.1) is 0 Å². The highest BCUT2D eigenvalue weighted by atomic mass is 33.1. The van der Waals surface area contributed by atoms with Gasteiger partial charge in [0.2, 0.25) is 5.91 Å². The SMILES string of the molecule is C=C1C=CC(C)=CC1=O.CC=O.CCCCNC(=O)CC.CSSC.Cc1cnc[nH]1.Cc1cnc[nH]1. The van der Waals surface area contributed by atoms with Crippen molar-refractivity contribution in [2.24, 2.45) is 0 Å². The minimum atomic E-state index is 0.0231. The van der Waals surface area contributed by atoms with Gasteiger partial charge >= 0.3 is 0 Å². The van der Waals surface area contributed by atoms with Crippen molar-refractivity contribution in [3.63, 3.8) is 0 Å². The number of amides is 1. The Hall–Kier alpha value is -2.85. The minimum absolute atomic E-state index is 0.0231. The second-order valence-electron chi connectivity index (χ2n) is 7.21. The van der Waals surface area contributed by atoms with E-state index >= 15 is 0 Å². The van der Waals surface area contributed by atoms with E-state index in [-0.39, 0.29) is 11.7 Å². The quantitative estimate of drug-likeness (QED) is 0.175. The Morgan fingerprint density at radius 3 is 1.76 bits per heavy atom. The van der Waals surface area contributed by atoms with Crippen LogP contribution in [0.5, 0.6) is 0 Å². The summed E-state index contributed by atoms with van der Waals surface area (Å²) in [6.07, 6.45) is 19.8. The molecule has 0 aliphatic heterocycles. The van der Waals surface area contributed by atoms with Crippen molar-refractivity contribution in [1.29, 1.82) is 0 Å². The van der Waals surface area contributed by atoms with Crippen molar-refractivity contribution < 1.29 is 14.4 Å². The third kappa shape index (κ3) is 31.1. The number of H-pyrrole nitrogens is 2. The van der Waals surface area contributed by atoms with Gasteiger partial charge in [-0.05, 0) is 58.3 Å². The number of hydrogen-bond donors (Lipinski definition) is 3. The van der Waals surface area contributed by atoms with Gasteiger partial charge in [-0.25, -0.2) is 9.97 Å². The van der Waals surface area contributed by atoms with Gasteiger partial charge in [0.15, 0.2) is 5.78 Å². The molecule has 2 aromatic heterocycles. The average Bonchev–Trinajstić information content (AvgIpc) is 3.57. The van der Waals surface area contributed by atoms with Gasteiger partial charge < -0.3 is 20.1 Å². The number of imidazole rings is 2. The molecule has 3 N–H and O–H groups in total. The summed E-state index contributed by atoms with van der Waals surface area (Å²) in [4.78, 5) is 43.5. The van der Waals surface area contributed by atoms with Gasteiger partial charge in [0.1, 0.15) is 6.29 Å². The summed E-state index contributed by atoms with van der Waals surface area (Å²) < 4.78 is 0. The van der Waals surface area contributed by atoms with Gasteiger partial charge in [-0.3, -0.25) is 9.59 Å². The van der Waals surface area contributed by atoms with Crippen LogP contribution >= 0.6 is 21.6 Å². The molecule has 2 aromatic rings. The molecule has 3 rings (SSSR count). The fourth-order valence-electron chi connectivity index (χ4n) is 1.84. The third-order valence-electron chi connectivity index (χ3n) is 3.83. The van der Waals surface area contributed by atoms with E-state index in [1.54, 1.807) is 58.8 Å². The number of aromatic nitrogens is 4. The maximum absolute atomic E-state index is 10.8. The molecule has 0 saturated carbocycles. The molecule has 0 bridgehead atoms. The number of rotatable bonds is 5. The first-order valence-corrected chi connectivity index (χ1v) is 14.8. The lowest BCUT2D eigenvalue weighted by Gasteiger charge is -2.00. The Labute approximate surface area is 231 Å². The van der Waals surface area contributed by atoms with Crippen LogP contribution < -0.4 is 5.32 Å². The molecular weight excluding hydrogens is 506 g/mol. The summed E-state index contributed by atoms with van der Waals surface area (Å²) in [7, 11) is 3.55. The third-order valence-corrected chi connectivity index (χ3v) is 5.17. The van der Waals surface area contributed by atoms with E-state index in [0.717, 1.165) is 42.6 Å². The lowest BCUT2D eigenvalue weighted by molar-refractivity contribution is -0.120. The predicted molar refractivity (Wildman–Crippen MR) is 161 cm³/mol. The van der Waals surface area contributed by atoms with Crippen LogP contribution in [-0.4, -0.2) is 57.0 Å². The second-order valence-corrected chi connectivity index (χ2v) is 9.87. The number of nitrogens with one attached hydrogen (secondary N) is 3. The van der Waals surface area contributed by atoms with Crippen LogP contribution in [0.25, 0.3) is 0 Å². The van der Waals surface area contributed by atoms with Crippen molar-refractivity contribution >= 4 is 39.6 Å². The molecular formula is C27H45N5O3S2. The number of unbranched alkanes of at least 4 members (excludes halogenated alkanes) is 1. The molecule has 0 fully saturated rings. The van der Waals surface area contributed by atoms with Gasteiger partial charge in [0, 0.05) is 42.3 Å². The number of aromatic amines is 2. The lowest BCUT2D eigenvalue weighted by atomic mass is 10.0. The van der Waals surface area contributed by atoms with Crippen LogP contribution in [0.3, 0.4) is 0 Å². The van der Waals surface area contributed by atoms with E-state index in [1.807, 2.05) is 33.8 Å². The van der Waals surface area contributed by atoms with Crippen LogP contribution in [0, 0.1) is 13.8 Å². The molecule has 37 heavy (non-hydrogen) atoms. The van der Waals surface area contributed by atoms with E-state index in [9.17, 15) is 9.59 Å². The van der Waals surface area contributed by atoms with Crippen LogP contribution in [0.2, 0.25) is 0 Å². The standard InChI is InChI=1S/C8H8O.C7H15NO.2C4H6N2.C2H4O.C2H6S2/c1-6-3-4-7(2)8(9)5-6;1-3-5-6-8-7(9)4-2;2*1-4-2-5-3-6-4;1-2-3;1-3-4-2/h3-5H,2H2,1H3;3-6H2,1-2H3,(H,8,9);2*2-3H,1H3,(H,5,6);2H,1H3;1-2H3. The average molecular weight is 552 g/mol. The molecule has 0 radical (unpaired) electrons. The molecule has 0 aromatic carbocycles. The number of aryl methyl sites for hydroxylation is 2. The molecule has 0 unspecified atom stereocenters. The Morgan fingerprint density at radius 2 is 1.51 bits per heavy atom. The zero-order valence-corrected chi connectivity index (χ0v) is 25.2. The first-order valence-electron chi connectivity index (χ1n) is 11.9. The molecule has 8 nitrogen and oxygen atoms in total. The molecule has 2 heterocycles. The van der Waals surface area contributed by atoms with Crippen LogP contribution in [0.1, 0.15) is 58.3 Å². The summed E-state index contributed by atoms with van der Waals surface area (Å²) in [5.41, 5.74) is 3.78. The first-order chi connectivity index (χ1) is 17.6. The number of hydrogen-bond acceptors (Lipinski definition) is 7. The zero-order valence-electron chi connectivity index (χ0n) is 23.6. The van der Waals surface area contributed by atoms with Crippen molar-refractivity contribution in [2.75, 3.05) is 19.1 Å². The van der Waals surface area contributed by atoms with Crippen molar-refractivity contribution in [3.05, 3.63) is 72.4 Å². The number of aldehydes is 1. The molecule has 0 spiro atoms. The molecule has 0 saturated heterocycles. The lowest BCUT2D eigenvalue weighted by Crippen LogP contribution is -2.22. The second kappa shape index (κ2) is 29.4. The predicted octanol–water partition coefficient (Wildman–Crippen LogP) is 6.21. The highest BCUT2D eigenvalue weighted by Gasteiger charge is 2.03. The minimum Gasteiger partial charge on any atom is -0.356 e. The molecule has 1 aliphatic rings. The Balaban J connectivity index is -0.000000389. The summed E-state index contributed by atoms with van der Waals surface area (Å²) in [6, 6.07) is 0. The number of carbonyl (C=O) groups is 3.